The Hall–Kier alpha value is -3.87. The van der Waals surface area contributed by atoms with Gasteiger partial charge in [0.15, 0.2) is 0 Å². The molecule has 1 aliphatic rings. The quantitative estimate of drug-likeness (QED) is 0.272. The average molecular weight is 645 g/mol. The van der Waals surface area contributed by atoms with Crippen LogP contribution in [0, 0.1) is 0 Å². The van der Waals surface area contributed by atoms with Gasteiger partial charge in [-0.15, -0.1) is 0 Å². The van der Waals surface area contributed by atoms with Gasteiger partial charge in [0.2, 0.25) is 5.67 Å². The number of fused-ring (bicyclic) bond motifs is 1. The Morgan fingerprint density at radius 2 is 1.57 bits per heavy atom. The highest BCUT2D eigenvalue weighted by atomic mass is 35.5. The summed E-state index contributed by atoms with van der Waals surface area (Å²) in [6, 6.07) is 2.43. The minimum absolute atomic E-state index is 0.0193. The van der Waals surface area contributed by atoms with Crippen LogP contribution in [0.1, 0.15) is 71.1 Å². The van der Waals surface area contributed by atoms with Crippen LogP contribution in [-0.4, -0.2) is 48.2 Å². The predicted molar refractivity (Wildman–Crippen MR) is 152 cm³/mol. The number of amides is 3. The maximum absolute atomic E-state index is 17.1. The molecule has 44 heavy (non-hydrogen) atoms. The van der Waals surface area contributed by atoms with Gasteiger partial charge in [0.05, 0.1) is 18.4 Å². The van der Waals surface area contributed by atoms with Crippen molar-refractivity contribution >= 4 is 41.2 Å². The molecule has 0 aromatic heterocycles. The lowest BCUT2D eigenvalue weighted by molar-refractivity contribution is -0.158. The molecule has 1 heterocycles. The van der Waals surface area contributed by atoms with Crippen LogP contribution in [0.3, 0.4) is 0 Å². The van der Waals surface area contributed by atoms with Crippen molar-refractivity contribution in [3.63, 3.8) is 0 Å². The zero-order valence-electron chi connectivity index (χ0n) is 25.2. The number of hydrogen-bond donors (Lipinski definition) is 1. The number of urea groups is 1. The molecule has 1 aliphatic heterocycles. The van der Waals surface area contributed by atoms with E-state index >= 15 is 4.39 Å². The molecule has 1 N–H and O–H groups in total. The average Bonchev–Trinajstić information content (AvgIpc) is 3.10. The Morgan fingerprint density at radius 1 is 0.955 bits per heavy atom. The molecule has 0 radical (unpaired) electrons. The summed E-state index contributed by atoms with van der Waals surface area (Å²) in [7, 11) is 1.18. The molecule has 0 fully saturated rings. The summed E-state index contributed by atoms with van der Waals surface area (Å²) in [5.41, 5.74) is -8.14. The highest BCUT2D eigenvalue weighted by Crippen LogP contribution is 2.51. The maximum Gasteiger partial charge on any atom is 0.416 e. The molecule has 3 amide bonds. The fourth-order valence-corrected chi connectivity index (χ4v) is 4.64. The summed E-state index contributed by atoms with van der Waals surface area (Å²) in [6.45, 7) is 9.52. The Morgan fingerprint density at radius 3 is 2.11 bits per heavy atom. The Balaban J connectivity index is 2.09. The van der Waals surface area contributed by atoms with Crippen LogP contribution in [0.15, 0.2) is 36.4 Å². The van der Waals surface area contributed by atoms with Crippen molar-refractivity contribution in [1.29, 1.82) is 0 Å². The van der Waals surface area contributed by atoms with Crippen LogP contribution in [0.2, 0.25) is 5.02 Å². The number of imide groups is 1. The summed E-state index contributed by atoms with van der Waals surface area (Å²) in [5.74, 6) is -3.47. The molecule has 9 nitrogen and oxygen atoms in total. The third kappa shape index (κ3) is 7.61. The number of methoxy groups -OCH3 is 1. The van der Waals surface area contributed by atoms with E-state index in [9.17, 15) is 32.3 Å². The molecule has 0 bridgehead atoms. The molecular formula is C30H33ClF4N2O7. The number of benzene rings is 2. The monoisotopic (exact) mass is 644 g/mol. The summed E-state index contributed by atoms with van der Waals surface area (Å²) in [6.07, 6.45) is -5.66. The third-order valence-corrected chi connectivity index (χ3v) is 6.45. The van der Waals surface area contributed by atoms with E-state index < -0.39 is 75.3 Å². The van der Waals surface area contributed by atoms with Crippen LogP contribution < -0.4 is 15.0 Å². The van der Waals surface area contributed by atoms with E-state index in [4.69, 9.17) is 25.8 Å². The number of nitrogens with zero attached hydrogens (tertiary/aromatic N) is 1. The van der Waals surface area contributed by atoms with Gasteiger partial charge in [-0.05, 0) is 78.3 Å². The van der Waals surface area contributed by atoms with Crippen molar-refractivity contribution < 1.29 is 51.0 Å². The zero-order chi connectivity index (χ0) is 33.4. The molecule has 2 aromatic rings. The van der Waals surface area contributed by atoms with Crippen LogP contribution >= 0.6 is 11.6 Å². The molecule has 0 aliphatic carbocycles. The third-order valence-electron chi connectivity index (χ3n) is 6.22. The topological polar surface area (TPSA) is 111 Å². The van der Waals surface area contributed by atoms with Gasteiger partial charge in [-0.25, -0.2) is 18.9 Å². The molecule has 14 heteroatoms. The van der Waals surface area contributed by atoms with Gasteiger partial charge in [-0.3, -0.25) is 9.59 Å². The van der Waals surface area contributed by atoms with Gasteiger partial charge in [0, 0.05) is 22.6 Å². The van der Waals surface area contributed by atoms with E-state index in [1.165, 1.54) is 19.2 Å². The number of ether oxygens (including phenoxy) is 3. The number of nitrogens with one attached hydrogen (secondary N) is 1. The molecule has 2 atom stereocenters. The second-order valence-electron chi connectivity index (χ2n) is 12.0. The Labute approximate surface area is 256 Å². The number of anilines is 1. The van der Waals surface area contributed by atoms with Gasteiger partial charge in [-0.1, -0.05) is 17.7 Å². The van der Waals surface area contributed by atoms with E-state index in [2.05, 4.69) is 5.32 Å². The molecule has 2 aromatic carbocycles. The SMILES string of the molecule is COc1ccc(Cl)cc1[C@]1(F)C(=O)N(C(=O)N[C@@H](CCC(=O)OC(C)(C)C)C(=O)OC(C)(C)C)c2cc(C(F)(F)F)ccc21. The van der Waals surface area contributed by atoms with E-state index in [1.54, 1.807) is 41.5 Å². The molecule has 0 saturated carbocycles. The first-order valence-electron chi connectivity index (χ1n) is 13.4. The molecule has 0 spiro atoms. The summed E-state index contributed by atoms with van der Waals surface area (Å²) in [4.78, 5) is 53.0. The second kappa shape index (κ2) is 12.3. The smallest absolute Gasteiger partial charge is 0.416 e. The van der Waals surface area contributed by atoms with Crippen LogP contribution in [0.5, 0.6) is 5.75 Å². The molecule has 0 unspecified atom stereocenters. The summed E-state index contributed by atoms with van der Waals surface area (Å²) >= 11 is 6.07. The van der Waals surface area contributed by atoms with E-state index in [-0.39, 0.29) is 28.5 Å². The Bertz CT molecular complexity index is 1470. The largest absolute Gasteiger partial charge is 0.496 e. The van der Waals surface area contributed by atoms with Gasteiger partial charge in [-0.2, -0.15) is 13.2 Å². The fourth-order valence-electron chi connectivity index (χ4n) is 4.46. The van der Waals surface area contributed by atoms with E-state index in [0.717, 1.165) is 12.1 Å². The molecule has 3 rings (SSSR count). The highest BCUT2D eigenvalue weighted by Gasteiger charge is 2.57. The van der Waals surface area contributed by atoms with Crippen LogP contribution in [-0.2, 0) is 35.7 Å². The second-order valence-corrected chi connectivity index (χ2v) is 12.5. The summed E-state index contributed by atoms with van der Waals surface area (Å²) in [5, 5.41) is 2.22. The number of rotatable bonds is 7. The van der Waals surface area contributed by atoms with Crippen molar-refractivity contribution in [2.24, 2.45) is 0 Å². The fraction of sp³-hybridized carbons (Fsp3) is 0.467. The minimum atomic E-state index is -4.91. The van der Waals surface area contributed by atoms with E-state index in [1.807, 2.05) is 0 Å². The zero-order valence-corrected chi connectivity index (χ0v) is 25.9. The predicted octanol–water partition coefficient (Wildman–Crippen LogP) is 6.47. The van der Waals surface area contributed by atoms with Crippen molar-refractivity contribution in [2.45, 2.75) is 83.5 Å². The normalized spacial score (nSPS) is 17.5. The van der Waals surface area contributed by atoms with Crippen molar-refractivity contribution in [1.82, 2.24) is 5.32 Å². The Kier molecular flexibility index (Phi) is 9.64. The van der Waals surface area contributed by atoms with Gasteiger partial charge in [0.1, 0.15) is 23.0 Å². The number of carbonyl (C=O) groups is 4. The van der Waals surface area contributed by atoms with Gasteiger partial charge < -0.3 is 19.5 Å². The number of halogens is 5. The standard InChI is InChI=1S/C30H33ClF4N2O7/c1-27(2,3)43-23(38)13-11-20(24(39)44-28(4,5)6)36-26(41)37-21-14-16(30(33,34)35)8-10-18(21)29(32,25(37)40)19-15-17(31)9-12-22(19)42-7/h8-10,12,14-15,20H,11,13H2,1-7H3,(H,36,41)/t20-,29-/m0/s1. The van der Waals surface area contributed by atoms with Gasteiger partial charge in [0.25, 0.3) is 5.91 Å². The number of alkyl halides is 4. The first-order valence-corrected chi connectivity index (χ1v) is 13.8. The van der Waals surface area contributed by atoms with Crippen molar-refractivity contribution in [3.05, 3.63) is 58.1 Å². The van der Waals surface area contributed by atoms with Crippen molar-refractivity contribution in [2.75, 3.05) is 12.0 Å². The van der Waals surface area contributed by atoms with Crippen LogP contribution in [0.25, 0.3) is 0 Å². The lowest BCUT2D eigenvalue weighted by Gasteiger charge is -2.27. The molecule has 0 saturated heterocycles. The lowest BCUT2D eigenvalue weighted by atomic mass is 9.88. The summed E-state index contributed by atoms with van der Waals surface area (Å²) < 4.78 is 74.0. The van der Waals surface area contributed by atoms with Crippen LogP contribution in [0.4, 0.5) is 28.0 Å². The molecule has 240 valence electrons. The van der Waals surface area contributed by atoms with Gasteiger partial charge >= 0.3 is 24.1 Å². The molecular weight excluding hydrogens is 612 g/mol. The first kappa shape index (κ1) is 34.6. The highest BCUT2D eigenvalue weighted by molar-refractivity contribution is 6.31. The maximum atomic E-state index is 17.1. The minimum Gasteiger partial charge on any atom is -0.496 e. The lowest BCUT2D eigenvalue weighted by Crippen LogP contribution is -2.52. The first-order chi connectivity index (χ1) is 20.1. The number of esters is 2. The van der Waals surface area contributed by atoms with Crippen molar-refractivity contribution in [3.8, 4) is 5.75 Å². The number of carbonyl (C=O) groups excluding carboxylic acids is 4. The van der Waals surface area contributed by atoms with E-state index in [0.29, 0.717) is 12.1 Å². The number of hydrogen-bond acceptors (Lipinski definition) is 7.